The Labute approximate surface area is 253 Å². The number of ether oxygens (including phenoxy) is 1. The van der Waals surface area contributed by atoms with E-state index in [-0.39, 0.29) is 23.4 Å². The lowest BCUT2D eigenvalue weighted by atomic mass is 10.0. The zero-order valence-corrected chi connectivity index (χ0v) is 23.7. The fourth-order valence-corrected chi connectivity index (χ4v) is 5.51. The first-order chi connectivity index (χ1) is 20.8. The highest BCUT2D eigenvalue weighted by Gasteiger charge is 2.29. The van der Waals surface area contributed by atoms with Gasteiger partial charge < -0.3 is 24.7 Å². The largest absolute Gasteiger partial charge is 0.480 e. The third-order valence-electron chi connectivity index (χ3n) is 6.91. The number of fused-ring (bicyclic) bond motifs is 1. The summed E-state index contributed by atoms with van der Waals surface area (Å²) in [6.07, 6.45) is 2.77. The van der Waals surface area contributed by atoms with Gasteiger partial charge in [0.25, 0.3) is 5.56 Å². The number of aliphatic carboxylic acids is 1. The number of aromatic nitrogens is 7. The minimum Gasteiger partial charge on any atom is -0.480 e. The first-order valence-corrected chi connectivity index (χ1v) is 13.8. The van der Waals surface area contributed by atoms with Crippen LogP contribution in [-0.4, -0.2) is 64.9 Å². The van der Waals surface area contributed by atoms with Crippen molar-refractivity contribution in [3.05, 3.63) is 93.0 Å². The number of H-pyrrole nitrogens is 1. The van der Waals surface area contributed by atoms with Crippen LogP contribution in [0.2, 0.25) is 10.2 Å². The fourth-order valence-electron chi connectivity index (χ4n) is 5.09. The molecule has 218 valence electrons. The number of rotatable bonds is 9. The molecule has 0 aliphatic carbocycles. The second kappa shape index (κ2) is 11.8. The van der Waals surface area contributed by atoms with Gasteiger partial charge in [0, 0.05) is 33.6 Å². The minimum absolute atomic E-state index is 0.195. The Morgan fingerprint density at radius 1 is 1.07 bits per heavy atom. The van der Waals surface area contributed by atoms with E-state index in [1.807, 2.05) is 6.07 Å². The lowest BCUT2D eigenvalue weighted by Crippen LogP contribution is -2.24. The van der Waals surface area contributed by atoms with Gasteiger partial charge in [-0.3, -0.25) is 9.59 Å². The number of carbonyl (C=O) groups is 2. The summed E-state index contributed by atoms with van der Waals surface area (Å²) >= 11 is 12.8. The summed E-state index contributed by atoms with van der Waals surface area (Å²) in [6.45, 7) is -0.941. The second-order valence-corrected chi connectivity index (χ2v) is 10.5. The van der Waals surface area contributed by atoms with E-state index in [9.17, 15) is 14.4 Å². The van der Waals surface area contributed by atoms with E-state index in [1.165, 1.54) is 11.0 Å². The van der Waals surface area contributed by atoms with Crippen molar-refractivity contribution in [2.75, 3.05) is 18.5 Å². The van der Waals surface area contributed by atoms with Crippen LogP contribution >= 0.6 is 23.2 Å². The van der Waals surface area contributed by atoms with Gasteiger partial charge in [0.05, 0.1) is 17.4 Å². The number of aryl methyl sites for hydroxylation is 1. The van der Waals surface area contributed by atoms with Crippen LogP contribution < -0.4 is 10.9 Å². The molecule has 6 rings (SSSR count). The van der Waals surface area contributed by atoms with Gasteiger partial charge in [-0.05, 0) is 65.2 Å². The molecule has 1 aliphatic rings. The molecule has 1 atom stereocenters. The molecule has 1 amide bonds. The van der Waals surface area contributed by atoms with Gasteiger partial charge in [-0.2, -0.15) is 4.68 Å². The third-order valence-corrected chi connectivity index (χ3v) is 7.42. The number of carboxylic acid groups (broad SMARTS) is 1. The van der Waals surface area contributed by atoms with Crippen molar-refractivity contribution in [1.82, 2.24) is 34.7 Å². The molecular weight excluding hydrogens is 599 g/mol. The number of anilines is 1. The molecule has 3 N–H and O–H groups in total. The normalized spacial score (nSPS) is 14.0. The number of amides is 1. The molecule has 0 fully saturated rings. The Bertz CT molecular complexity index is 1890. The molecule has 0 unspecified atom stereocenters. The number of imidazole rings is 1. The topological polar surface area (TPSA) is 170 Å². The van der Waals surface area contributed by atoms with Crippen molar-refractivity contribution in [3.63, 3.8) is 0 Å². The molecule has 15 heteroatoms. The van der Waals surface area contributed by atoms with E-state index in [0.29, 0.717) is 46.3 Å². The number of pyridine rings is 1. The van der Waals surface area contributed by atoms with E-state index in [4.69, 9.17) is 33.0 Å². The number of carboxylic acids is 1. The van der Waals surface area contributed by atoms with E-state index in [0.717, 1.165) is 16.8 Å². The highest BCUT2D eigenvalue weighted by Crippen LogP contribution is 2.36. The number of nitrogens with zero attached hydrogens (tertiary/aromatic N) is 6. The average Bonchev–Trinajstić information content (AvgIpc) is 3.73. The van der Waals surface area contributed by atoms with Gasteiger partial charge >= 0.3 is 5.97 Å². The monoisotopic (exact) mass is 620 g/mol. The highest BCUT2D eigenvalue weighted by atomic mass is 35.5. The molecule has 0 spiro atoms. The summed E-state index contributed by atoms with van der Waals surface area (Å²) in [4.78, 5) is 43.8. The summed E-state index contributed by atoms with van der Waals surface area (Å²) < 4.78 is 8.03. The summed E-state index contributed by atoms with van der Waals surface area (Å²) in [5, 5.41) is 23.4. The third kappa shape index (κ3) is 5.91. The molecule has 1 aliphatic heterocycles. The number of hydrogen-bond donors (Lipinski definition) is 3. The Balaban J connectivity index is 1.23. The summed E-state index contributed by atoms with van der Waals surface area (Å²) in [5.41, 5.74) is 4.55. The molecule has 43 heavy (non-hydrogen) atoms. The maximum Gasteiger partial charge on any atom is 0.329 e. The van der Waals surface area contributed by atoms with Crippen molar-refractivity contribution in [2.24, 2.45) is 0 Å². The zero-order chi connectivity index (χ0) is 30.1. The van der Waals surface area contributed by atoms with Crippen LogP contribution in [0.1, 0.15) is 24.0 Å². The summed E-state index contributed by atoms with van der Waals surface area (Å²) in [5.74, 6) is -1.08. The SMILES string of the molecule is O=C(O)COCC(=O)Nc1ccc(-c2[nH]c([C@@H]3CCc4cc(-c5cc(Cl)ccc5-n5cnnn5)cc(=O)n43)nc2Cl)cc1. The maximum atomic E-state index is 13.5. The number of halogens is 2. The average molecular weight is 621 g/mol. The lowest BCUT2D eigenvalue weighted by Gasteiger charge is -2.15. The summed E-state index contributed by atoms with van der Waals surface area (Å²) in [6, 6.07) is 15.4. The molecule has 0 bridgehead atoms. The van der Waals surface area contributed by atoms with Crippen molar-refractivity contribution >= 4 is 40.8 Å². The van der Waals surface area contributed by atoms with Crippen LogP contribution in [-0.2, 0) is 20.7 Å². The smallest absolute Gasteiger partial charge is 0.329 e. The van der Waals surface area contributed by atoms with Gasteiger partial charge in [-0.15, -0.1) is 5.10 Å². The van der Waals surface area contributed by atoms with E-state index < -0.39 is 18.5 Å². The first kappa shape index (κ1) is 28.3. The second-order valence-electron chi connectivity index (χ2n) is 9.71. The Morgan fingerprint density at radius 2 is 1.88 bits per heavy atom. The van der Waals surface area contributed by atoms with Crippen LogP contribution in [0.25, 0.3) is 28.1 Å². The van der Waals surface area contributed by atoms with E-state index in [2.05, 4.69) is 30.8 Å². The predicted molar refractivity (Wildman–Crippen MR) is 156 cm³/mol. The number of benzene rings is 2. The van der Waals surface area contributed by atoms with Crippen molar-refractivity contribution < 1.29 is 19.4 Å². The highest BCUT2D eigenvalue weighted by molar-refractivity contribution is 6.32. The van der Waals surface area contributed by atoms with Crippen LogP contribution in [0.5, 0.6) is 0 Å². The Hall–Kier alpha value is -4.85. The Morgan fingerprint density at radius 3 is 2.63 bits per heavy atom. The molecule has 4 heterocycles. The van der Waals surface area contributed by atoms with Crippen molar-refractivity contribution in [3.8, 4) is 28.1 Å². The van der Waals surface area contributed by atoms with Crippen LogP contribution in [0, 0.1) is 0 Å². The standard InChI is InChI=1S/C28H22Cl2N8O5/c29-17-3-7-21(37-14-31-35-36-37)20(11-17)16-9-19-6-8-22(38(19)24(40)10-16)28-33-26(27(30)34-28)15-1-4-18(5-2-15)32-23(39)12-43-13-25(41)42/h1-5,7,9-11,14,22H,6,8,12-13H2,(H,32,39)(H,33,34)(H,41,42)/t22-/m0/s1. The van der Waals surface area contributed by atoms with E-state index >= 15 is 0 Å². The summed E-state index contributed by atoms with van der Waals surface area (Å²) in [7, 11) is 0. The molecule has 0 saturated carbocycles. The van der Waals surface area contributed by atoms with Gasteiger partial charge in [-0.25, -0.2) is 9.78 Å². The predicted octanol–water partition coefficient (Wildman–Crippen LogP) is 3.76. The lowest BCUT2D eigenvalue weighted by molar-refractivity contribution is -0.143. The minimum atomic E-state index is -1.16. The van der Waals surface area contributed by atoms with Crippen LogP contribution in [0.3, 0.4) is 0 Å². The maximum absolute atomic E-state index is 13.5. The molecular formula is C28H22Cl2N8O5. The van der Waals surface area contributed by atoms with Crippen molar-refractivity contribution in [2.45, 2.75) is 18.9 Å². The number of carbonyl (C=O) groups excluding carboxylic acids is 1. The molecule has 0 radical (unpaired) electrons. The molecule has 3 aromatic heterocycles. The molecule has 13 nitrogen and oxygen atoms in total. The quantitative estimate of drug-likeness (QED) is 0.222. The first-order valence-electron chi connectivity index (χ1n) is 13.0. The van der Waals surface area contributed by atoms with Gasteiger partial charge in [0.15, 0.2) is 5.15 Å². The zero-order valence-electron chi connectivity index (χ0n) is 22.2. The number of hydrogen-bond acceptors (Lipinski definition) is 8. The number of nitrogens with one attached hydrogen (secondary N) is 2. The molecule has 0 saturated heterocycles. The van der Waals surface area contributed by atoms with E-state index in [1.54, 1.807) is 53.1 Å². The van der Waals surface area contributed by atoms with Gasteiger partial charge in [0.1, 0.15) is 25.4 Å². The number of aromatic amines is 1. The van der Waals surface area contributed by atoms with Crippen LogP contribution in [0.4, 0.5) is 5.69 Å². The molecule has 5 aromatic rings. The van der Waals surface area contributed by atoms with Crippen molar-refractivity contribution in [1.29, 1.82) is 0 Å². The van der Waals surface area contributed by atoms with Crippen LogP contribution in [0.15, 0.2) is 65.7 Å². The van der Waals surface area contributed by atoms with Gasteiger partial charge in [-0.1, -0.05) is 35.3 Å². The molecule has 2 aromatic carbocycles. The number of tetrazole rings is 1. The van der Waals surface area contributed by atoms with Gasteiger partial charge in [0.2, 0.25) is 5.91 Å². The fraction of sp³-hybridized carbons (Fsp3) is 0.179. The Kier molecular flexibility index (Phi) is 7.76.